The van der Waals surface area contributed by atoms with Gasteiger partial charge in [0.25, 0.3) is 0 Å². The van der Waals surface area contributed by atoms with Crippen LogP contribution in [-0.4, -0.2) is 21.7 Å². The van der Waals surface area contributed by atoms with Gasteiger partial charge < -0.3 is 4.90 Å². The van der Waals surface area contributed by atoms with E-state index in [2.05, 4.69) is 0 Å². The van der Waals surface area contributed by atoms with Crippen LogP contribution in [0.2, 0.25) is 0 Å². The third-order valence-electron chi connectivity index (χ3n) is 3.49. The predicted octanol–water partition coefficient (Wildman–Crippen LogP) is 3.37. The van der Waals surface area contributed by atoms with Gasteiger partial charge in [-0.05, 0) is 25.8 Å². The number of rotatable bonds is 3. The lowest BCUT2D eigenvalue weighted by molar-refractivity contribution is -0.157. The van der Waals surface area contributed by atoms with Gasteiger partial charge in [0.2, 0.25) is 5.91 Å². The lowest BCUT2D eigenvalue weighted by Gasteiger charge is -2.54. The molecule has 0 unspecified atom stereocenters. The van der Waals surface area contributed by atoms with E-state index in [0.717, 1.165) is 5.56 Å². The minimum Gasteiger partial charge on any atom is -0.329 e. The molecule has 92 valence electrons. The molecule has 1 amide bonds. The molecule has 17 heavy (non-hydrogen) atoms. The normalized spacial score (nSPS) is 28.4. The van der Waals surface area contributed by atoms with Crippen LogP contribution in [0.25, 0.3) is 0 Å². The number of likely N-dealkylation sites (tertiary alicyclic amines) is 1. The lowest BCUT2D eigenvalue weighted by Crippen LogP contribution is -2.66. The van der Waals surface area contributed by atoms with Crippen molar-refractivity contribution in [3.05, 3.63) is 35.9 Å². The molecule has 2 rings (SSSR count). The fourth-order valence-corrected chi connectivity index (χ4v) is 2.87. The molecular formula is C14H18ClNO. The van der Waals surface area contributed by atoms with Crippen LogP contribution in [0.1, 0.15) is 38.8 Å². The quantitative estimate of drug-likeness (QED) is 0.596. The maximum atomic E-state index is 12.1. The van der Waals surface area contributed by atoms with E-state index in [1.165, 1.54) is 0 Å². The van der Waals surface area contributed by atoms with Crippen LogP contribution in [-0.2, 0) is 4.79 Å². The molecule has 0 aliphatic carbocycles. The van der Waals surface area contributed by atoms with Gasteiger partial charge in [-0.25, -0.2) is 0 Å². The Morgan fingerprint density at radius 3 is 2.41 bits per heavy atom. The van der Waals surface area contributed by atoms with Crippen LogP contribution >= 0.6 is 11.6 Å². The number of benzene rings is 1. The molecule has 1 fully saturated rings. The second-order valence-corrected chi connectivity index (χ2v) is 5.51. The van der Waals surface area contributed by atoms with E-state index in [1.807, 2.05) is 56.0 Å². The van der Waals surface area contributed by atoms with Crippen molar-refractivity contribution >= 4 is 17.5 Å². The second-order valence-electron chi connectivity index (χ2n) is 4.84. The largest absolute Gasteiger partial charge is 0.329 e. The number of carbonyl (C=O) groups excluding carboxylic acids is 1. The van der Waals surface area contributed by atoms with Crippen LogP contribution < -0.4 is 0 Å². The number of nitrogens with zero attached hydrogens (tertiary/aromatic N) is 1. The summed E-state index contributed by atoms with van der Waals surface area (Å²) in [5, 5.41) is 0. The average molecular weight is 252 g/mol. The molecule has 2 atom stereocenters. The number of carbonyl (C=O) groups is 1. The highest BCUT2D eigenvalue weighted by Gasteiger charge is 2.59. The molecule has 0 radical (unpaired) electrons. The summed E-state index contributed by atoms with van der Waals surface area (Å²) in [6.07, 6.45) is 0.663. The van der Waals surface area contributed by atoms with Crippen LogP contribution in [0.15, 0.2) is 30.3 Å². The van der Waals surface area contributed by atoms with Crippen molar-refractivity contribution in [3.63, 3.8) is 0 Å². The van der Waals surface area contributed by atoms with Crippen molar-refractivity contribution in [1.29, 1.82) is 0 Å². The molecule has 2 nitrogen and oxygen atoms in total. The fraction of sp³-hybridized carbons (Fsp3) is 0.500. The van der Waals surface area contributed by atoms with Gasteiger partial charge in [0.15, 0.2) is 0 Å². The molecule has 3 heteroatoms. The highest BCUT2D eigenvalue weighted by Crippen LogP contribution is 2.50. The van der Waals surface area contributed by atoms with Crippen molar-refractivity contribution < 1.29 is 4.79 Å². The van der Waals surface area contributed by atoms with Gasteiger partial charge in [0.05, 0.1) is 6.04 Å². The summed E-state index contributed by atoms with van der Waals surface area (Å²) in [5.74, 6) is 0.0607. The third-order valence-corrected chi connectivity index (χ3v) is 4.12. The van der Waals surface area contributed by atoms with Gasteiger partial charge in [-0.2, -0.15) is 0 Å². The highest BCUT2D eigenvalue weighted by molar-refractivity contribution is 6.38. The van der Waals surface area contributed by atoms with Gasteiger partial charge in [-0.1, -0.05) is 37.3 Å². The van der Waals surface area contributed by atoms with Crippen LogP contribution in [0.5, 0.6) is 0 Å². The molecule has 1 aromatic carbocycles. The molecule has 0 spiro atoms. The molecule has 0 N–H and O–H groups in total. The van der Waals surface area contributed by atoms with E-state index < -0.39 is 4.87 Å². The SMILES string of the molecule is CC[C@@]1(Cl)C(=O)N(C(C)C)[C@@H]1c1ccccc1. The smallest absolute Gasteiger partial charge is 0.247 e. The Hall–Kier alpha value is -1.02. The molecule has 1 aliphatic heterocycles. The first kappa shape index (κ1) is 12.4. The highest BCUT2D eigenvalue weighted by atomic mass is 35.5. The summed E-state index contributed by atoms with van der Waals surface area (Å²) in [7, 11) is 0. The Bertz CT molecular complexity index is 417. The lowest BCUT2D eigenvalue weighted by atomic mass is 9.78. The minimum atomic E-state index is -0.744. The average Bonchev–Trinajstić information content (AvgIpc) is 2.34. The van der Waals surface area contributed by atoms with Gasteiger partial charge in [-0.3, -0.25) is 4.79 Å². The Labute approximate surface area is 108 Å². The van der Waals surface area contributed by atoms with Crippen molar-refractivity contribution in [2.24, 2.45) is 0 Å². The fourth-order valence-electron chi connectivity index (χ4n) is 2.54. The first-order valence-corrected chi connectivity index (χ1v) is 6.46. The van der Waals surface area contributed by atoms with E-state index in [0.29, 0.717) is 6.42 Å². The molecule has 1 aliphatic rings. The van der Waals surface area contributed by atoms with Gasteiger partial charge >= 0.3 is 0 Å². The van der Waals surface area contributed by atoms with Crippen LogP contribution in [0.4, 0.5) is 0 Å². The van der Waals surface area contributed by atoms with Crippen molar-refractivity contribution in [2.75, 3.05) is 0 Å². The van der Waals surface area contributed by atoms with Gasteiger partial charge in [0.1, 0.15) is 4.87 Å². The summed E-state index contributed by atoms with van der Waals surface area (Å²) >= 11 is 6.49. The first-order chi connectivity index (χ1) is 8.02. The van der Waals surface area contributed by atoms with Gasteiger partial charge in [-0.15, -0.1) is 11.6 Å². The molecule has 0 aromatic heterocycles. The Morgan fingerprint density at radius 1 is 1.35 bits per heavy atom. The van der Waals surface area contributed by atoms with Gasteiger partial charge in [0, 0.05) is 6.04 Å². The van der Waals surface area contributed by atoms with E-state index in [-0.39, 0.29) is 18.0 Å². The van der Waals surface area contributed by atoms with E-state index in [4.69, 9.17) is 11.6 Å². The zero-order valence-corrected chi connectivity index (χ0v) is 11.2. The summed E-state index contributed by atoms with van der Waals surface area (Å²) in [6, 6.07) is 10.2. The Balaban J connectivity index is 2.38. The number of alkyl halides is 1. The maximum Gasteiger partial charge on any atom is 0.247 e. The summed E-state index contributed by atoms with van der Waals surface area (Å²) < 4.78 is 0. The molecule has 1 aromatic rings. The van der Waals surface area contributed by atoms with E-state index in [9.17, 15) is 4.79 Å². The summed E-state index contributed by atoms with van der Waals surface area (Å²) in [4.78, 5) is 13.3. The Kier molecular flexibility index (Phi) is 3.17. The standard InChI is InChI=1S/C14H18ClNO/c1-4-14(15)12(11-8-6-5-7-9-11)16(10(2)3)13(14)17/h5-10,12H,4H2,1-3H3/t12-,14+/m1/s1. The van der Waals surface area contributed by atoms with Crippen LogP contribution in [0.3, 0.4) is 0 Å². The van der Waals surface area contributed by atoms with Crippen LogP contribution in [0, 0.1) is 0 Å². The number of hydrogen-bond acceptors (Lipinski definition) is 1. The summed E-state index contributed by atoms with van der Waals surface area (Å²) in [5.41, 5.74) is 1.12. The zero-order valence-electron chi connectivity index (χ0n) is 10.5. The van der Waals surface area contributed by atoms with Crippen molar-refractivity contribution in [2.45, 2.75) is 44.1 Å². The second kappa shape index (κ2) is 4.34. The third kappa shape index (κ3) is 1.75. The monoisotopic (exact) mass is 251 g/mol. The molecular weight excluding hydrogens is 234 g/mol. The number of amides is 1. The number of hydrogen-bond donors (Lipinski definition) is 0. The molecule has 1 heterocycles. The van der Waals surface area contributed by atoms with E-state index in [1.54, 1.807) is 0 Å². The number of halogens is 1. The van der Waals surface area contributed by atoms with E-state index >= 15 is 0 Å². The maximum absolute atomic E-state index is 12.1. The van der Waals surface area contributed by atoms with Crippen molar-refractivity contribution in [1.82, 2.24) is 4.90 Å². The van der Waals surface area contributed by atoms with Crippen molar-refractivity contribution in [3.8, 4) is 0 Å². The summed E-state index contributed by atoms with van der Waals surface area (Å²) in [6.45, 7) is 6.03. The minimum absolute atomic E-state index is 0.00265. The predicted molar refractivity (Wildman–Crippen MR) is 70.0 cm³/mol. The molecule has 1 saturated heterocycles. The molecule has 0 saturated carbocycles. The molecule has 0 bridgehead atoms. The first-order valence-electron chi connectivity index (χ1n) is 6.09. The topological polar surface area (TPSA) is 20.3 Å². The number of β-lactam (4-membered cyclic amide) rings is 1. The zero-order chi connectivity index (χ0) is 12.6. The Morgan fingerprint density at radius 2 is 1.94 bits per heavy atom.